The molecule has 2 nitrogen and oxygen atoms in total. The summed E-state index contributed by atoms with van der Waals surface area (Å²) < 4.78 is 4.38. The minimum absolute atomic E-state index is 1.19. The van der Waals surface area contributed by atoms with Crippen LogP contribution in [0.4, 0.5) is 0 Å². The number of aromatic nitrogens is 2. The van der Waals surface area contributed by atoms with Gasteiger partial charge in [-0.15, -0.1) is 0 Å². The lowest BCUT2D eigenvalue weighted by atomic mass is 10.2. The predicted molar refractivity (Wildman–Crippen MR) is 45.2 cm³/mol. The Morgan fingerprint density at radius 3 is 2.73 bits per heavy atom. The van der Waals surface area contributed by atoms with Crippen LogP contribution in [0.2, 0.25) is 0 Å². The molecule has 0 aliphatic rings. The van der Waals surface area contributed by atoms with E-state index >= 15 is 0 Å². The van der Waals surface area contributed by atoms with Crippen LogP contribution in [0.15, 0.2) is 12.4 Å². The first-order chi connectivity index (χ1) is 5.25. The van der Waals surface area contributed by atoms with E-state index in [1.807, 2.05) is 0 Å². The third-order valence-corrected chi connectivity index (χ3v) is 2.08. The molecular formula is C9H17N2+. The zero-order valence-corrected chi connectivity index (χ0v) is 7.67. The van der Waals surface area contributed by atoms with E-state index in [2.05, 4.69) is 42.5 Å². The Balaban J connectivity index is 2.67. The lowest BCUT2D eigenvalue weighted by Gasteiger charge is -1.95. The molecule has 0 aromatic carbocycles. The van der Waals surface area contributed by atoms with E-state index in [1.54, 1.807) is 0 Å². The van der Waals surface area contributed by atoms with E-state index in [4.69, 9.17) is 0 Å². The van der Waals surface area contributed by atoms with Crippen molar-refractivity contribution >= 4 is 0 Å². The van der Waals surface area contributed by atoms with Gasteiger partial charge in [0.05, 0.1) is 14.1 Å². The second kappa shape index (κ2) is 3.56. The molecule has 0 N–H and O–H groups in total. The van der Waals surface area contributed by atoms with E-state index in [-0.39, 0.29) is 0 Å². The molecule has 1 rings (SSSR count). The first-order valence-electron chi connectivity index (χ1n) is 4.25. The highest BCUT2D eigenvalue weighted by molar-refractivity contribution is 4.81. The second-order valence-electron chi connectivity index (χ2n) is 3.04. The lowest BCUT2D eigenvalue weighted by molar-refractivity contribution is -0.678. The molecule has 2 heteroatoms. The fraction of sp³-hybridized carbons (Fsp3) is 0.667. The van der Waals surface area contributed by atoms with E-state index in [9.17, 15) is 0 Å². The van der Waals surface area contributed by atoms with Crippen molar-refractivity contribution in [2.24, 2.45) is 14.1 Å². The molecule has 0 spiro atoms. The van der Waals surface area contributed by atoms with Gasteiger partial charge in [-0.2, -0.15) is 0 Å². The van der Waals surface area contributed by atoms with Gasteiger partial charge in [0.25, 0.3) is 5.82 Å². The summed E-state index contributed by atoms with van der Waals surface area (Å²) >= 11 is 0. The highest BCUT2D eigenvalue weighted by atomic mass is 15.1. The molecule has 1 heterocycles. The number of aryl methyl sites for hydroxylation is 2. The van der Waals surface area contributed by atoms with Gasteiger partial charge >= 0.3 is 0 Å². The summed E-state index contributed by atoms with van der Waals surface area (Å²) in [7, 11) is 4.20. The third kappa shape index (κ3) is 1.82. The van der Waals surface area contributed by atoms with E-state index in [0.717, 1.165) is 0 Å². The summed E-state index contributed by atoms with van der Waals surface area (Å²) in [5.41, 5.74) is 0. The summed E-state index contributed by atoms with van der Waals surface area (Å²) in [6.07, 6.45) is 7.95. The van der Waals surface area contributed by atoms with Crippen molar-refractivity contribution < 1.29 is 4.57 Å². The summed E-state index contributed by atoms with van der Waals surface area (Å²) in [4.78, 5) is 0. The summed E-state index contributed by atoms with van der Waals surface area (Å²) in [6.45, 7) is 2.23. The summed E-state index contributed by atoms with van der Waals surface area (Å²) in [6, 6.07) is 0. The van der Waals surface area contributed by atoms with Gasteiger partial charge in [-0.05, 0) is 6.42 Å². The fourth-order valence-corrected chi connectivity index (χ4v) is 1.31. The SMILES string of the molecule is CCCCc1n(C)cc[n+]1C. The number of unbranched alkanes of at least 4 members (excludes halogenated alkanes) is 1. The second-order valence-corrected chi connectivity index (χ2v) is 3.04. The minimum Gasteiger partial charge on any atom is -0.237 e. The maximum Gasteiger partial charge on any atom is 0.255 e. The van der Waals surface area contributed by atoms with Gasteiger partial charge in [-0.3, -0.25) is 0 Å². The molecule has 0 saturated carbocycles. The first-order valence-corrected chi connectivity index (χ1v) is 4.25. The number of hydrogen-bond donors (Lipinski definition) is 0. The van der Waals surface area contributed by atoms with E-state index in [1.165, 1.54) is 25.1 Å². The van der Waals surface area contributed by atoms with E-state index in [0.29, 0.717) is 0 Å². The highest BCUT2D eigenvalue weighted by Crippen LogP contribution is 1.98. The summed E-state index contributed by atoms with van der Waals surface area (Å²) in [5, 5.41) is 0. The van der Waals surface area contributed by atoms with Crippen molar-refractivity contribution in [3.05, 3.63) is 18.2 Å². The van der Waals surface area contributed by atoms with Crippen LogP contribution in [-0.2, 0) is 20.5 Å². The number of rotatable bonds is 3. The zero-order valence-electron chi connectivity index (χ0n) is 7.67. The molecule has 0 bridgehead atoms. The molecule has 11 heavy (non-hydrogen) atoms. The standard InChI is InChI=1S/C9H17N2/c1-4-5-6-9-10(2)7-8-11(9)3/h7-8H,4-6H2,1-3H3/q+1. The van der Waals surface area contributed by atoms with Gasteiger partial charge in [0.15, 0.2) is 0 Å². The molecule has 0 unspecified atom stereocenters. The predicted octanol–water partition coefficient (Wildman–Crippen LogP) is 1.19. The Morgan fingerprint density at radius 2 is 2.27 bits per heavy atom. The van der Waals surface area contributed by atoms with Crippen LogP contribution < -0.4 is 4.57 Å². The molecule has 1 aromatic heterocycles. The van der Waals surface area contributed by atoms with Crippen LogP contribution in [-0.4, -0.2) is 4.57 Å². The maximum atomic E-state index is 2.23. The smallest absolute Gasteiger partial charge is 0.237 e. The van der Waals surface area contributed by atoms with Crippen LogP contribution in [0.5, 0.6) is 0 Å². The fourth-order valence-electron chi connectivity index (χ4n) is 1.31. The van der Waals surface area contributed by atoms with Gasteiger partial charge in [-0.25, -0.2) is 9.13 Å². The van der Waals surface area contributed by atoms with Gasteiger partial charge in [-0.1, -0.05) is 13.3 Å². The van der Waals surface area contributed by atoms with E-state index < -0.39 is 0 Å². The molecule has 0 fully saturated rings. The lowest BCUT2D eigenvalue weighted by Crippen LogP contribution is -2.31. The van der Waals surface area contributed by atoms with Crippen LogP contribution in [0.25, 0.3) is 0 Å². The van der Waals surface area contributed by atoms with Gasteiger partial charge in [0.2, 0.25) is 0 Å². The van der Waals surface area contributed by atoms with Crippen LogP contribution in [0.3, 0.4) is 0 Å². The Morgan fingerprint density at radius 1 is 1.55 bits per heavy atom. The molecular weight excluding hydrogens is 136 g/mol. The minimum atomic E-state index is 1.19. The normalized spacial score (nSPS) is 10.5. The molecule has 1 aromatic rings. The molecule has 0 saturated heterocycles. The van der Waals surface area contributed by atoms with Crippen molar-refractivity contribution in [2.45, 2.75) is 26.2 Å². The van der Waals surface area contributed by atoms with Crippen molar-refractivity contribution in [1.29, 1.82) is 0 Å². The van der Waals surface area contributed by atoms with Gasteiger partial charge in [0, 0.05) is 6.42 Å². The average Bonchev–Trinajstić information content (AvgIpc) is 2.29. The first kappa shape index (κ1) is 8.31. The Kier molecular flexibility index (Phi) is 2.69. The monoisotopic (exact) mass is 153 g/mol. The highest BCUT2D eigenvalue weighted by Gasteiger charge is 2.08. The number of imidazole rings is 1. The van der Waals surface area contributed by atoms with Crippen molar-refractivity contribution in [3.63, 3.8) is 0 Å². The van der Waals surface area contributed by atoms with Crippen molar-refractivity contribution in [3.8, 4) is 0 Å². The maximum absolute atomic E-state index is 2.23. The van der Waals surface area contributed by atoms with Gasteiger partial charge in [0.1, 0.15) is 12.4 Å². The van der Waals surface area contributed by atoms with Crippen LogP contribution in [0, 0.1) is 0 Å². The van der Waals surface area contributed by atoms with Crippen molar-refractivity contribution in [2.75, 3.05) is 0 Å². The molecule has 0 radical (unpaired) electrons. The van der Waals surface area contributed by atoms with Gasteiger partial charge < -0.3 is 0 Å². The molecule has 0 aliphatic heterocycles. The third-order valence-electron chi connectivity index (χ3n) is 2.08. The quantitative estimate of drug-likeness (QED) is 0.577. The Labute approximate surface area is 68.5 Å². The topological polar surface area (TPSA) is 8.81 Å². The molecule has 0 amide bonds. The van der Waals surface area contributed by atoms with Crippen LogP contribution in [0.1, 0.15) is 25.6 Å². The number of nitrogens with zero attached hydrogens (tertiary/aromatic N) is 2. The number of hydrogen-bond acceptors (Lipinski definition) is 0. The molecule has 0 atom stereocenters. The Bertz CT molecular complexity index is 206. The molecule has 62 valence electrons. The zero-order chi connectivity index (χ0) is 8.27. The Hall–Kier alpha value is -0.790. The van der Waals surface area contributed by atoms with Crippen molar-refractivity contribution in [1.82, 2.24) is 4.57 Å². The van der Waals surface area contributed by atoms with Crippen LogP contribution >= 0.6 is 0 Å². The largest absolute Gasteiger partial charge is 0.255 e. The average molecular weight is 153 g/mol. The molecule has 0 aliphatic carbocycles. The summed E-state index contributed by atoms with van der Waals surface area (Å²) in [5.74, 6) is 1.41.